The Morgan fingerprint density at radius 2 is 2.21 bits per heavy atom. The third-order valence-electron chi connectivity index (χ3n) is 2.87. The highest BCUT2D eigenvalue weighted by molar-refractivity contribution is 9.10. The molecule has 0 aliphatic carbocycles. The number of benzene rings is 1. The predicted octanol–water partition coefficient (Wildman–Crippen LogP) is 2.57. The molecule has 2 rings (SSSR count). The molecule has 0 aliphatic heterocycles. The minimum Gasteiger partial charge on any atom is -0.398 e. The summed E-state index contributed by atoms with van der Waals surface area (Å²) in [6.07, 6.45) is 0. The summed E-state index contributed by atoms with van der Waals surface area (Å²) in [4.78, 5) is 12.0. The van der Waals surface area contributed by atoms with Crippen LogP contribution in [0, 0.1) is 13.8 Å². The zero-order valence-corrected chi connectivity index (χ0v) is 12.2. The quantitative estimate of drug-likeness (QED) is 0.850. The number of aromatic nitrogens is 1. The van der Waals surface area contributed by atoms with E-state index in [0.29, 0.717) is 22.3 Å². The summed E-state index contributed by atoms with van der Waals surface area (Å²) in [6.45, 7) is 4.06. The Bertz CT molecular complexity index is 603. The van der Waals surface area contributed by atoms with E-state index in [1.165, 1.54) is 0 Å². The van der Waals surface area contributed by atoms with Crippen LogP contribution in [0.15, 0.2) is 27.2 Å². The Labute approximate surface area is 119 Å². The third-order valence-corrected chi connectivity index (χ3v) is 3.56. The van der Waals surface area contributed by atoms with E-state index in [1.807, 2.05) is 13.8 Å². The molecule has 1 amide bonds. The van der Waals surface area contributed by atoms with Crippen LogP contribution in [-0.2, 0) is 6.54 Å². The molecule has 100 valence electrons. The molecule has 0 saturated heterocycles. The fraction of sp³-hybridized carbons (Fsp3) is 0.231. The van der Waals surface area contributed by atoms with Gasteiger partial charge in [0.15, 0.2) is 0 Å². The van der Waals surface area contributed by atoms with Crippen molar-refractivity contribution in [1.82, 2.24) is 10.5 Å². The van der Waals surface area contributed by atoms with Crippen molar-refractivity contribution >= 4 is 27.5 Å². The monoisotopic (exact) mass is 323 g/mol. The van der Waals surface area contributed by atoms with Gasteiger partial charge in [-0.2, -0.15) is 0 Å². The Morgan fingerprint density at radius 1 is 1.47 bits per heavy atom. The number of halogens is 1. The number of nitrogens with zero attached hydrogens (tertiary/aromatic N) is 1. The molecule has 0 spiro atoms. The Hall–Kier alpha value is -1.82. The van der Waals surface area contributed by atoms with Gasteiger partial charge in [0, 0.05) is 27.8 Å². The minimum atomic E-state index is -0.166. The van der Waals surface area contributed by atoms with Gasteiger partial charge in [0.05, 0.1) is 5.69 Å². The lowest BCUT2D eigenvalue weighted by Crippen LogP contribution is -2.23. The summed E-state index contributed by atoms with van der Waals surface area (Å²) in [5, 5.41) is 6.67. The minimum absolute atomic E-state index is 0.166. The lowest BCUT2D eigenvalue weighted by molar-refractivity contribution is 0.0951. The van der Waals surface area contributed by atoms with E-state index >= 15 is 0 Å². The van der Waals surface area contributed by atoms with Gasteiger partial charge in [-0.1, -0.05) is 5.16 Å². The molecule has 1 heterocycles. The highest BCUT2D eigenvalue weighted by Crippen LogP contribution is 2.20. The smallest absolute Gasteiger partial charge is 0.251 e. The number of carbonyl (C=O) groups excluding carboxylic acids is 1. The number of nitrogen functional groups attached to an aromatic ring is 1. The molecule has 1 aromatic heterocycles. The molecule has 5 nitrogen and oxygen atoms in total. The molecule has 3 N–H and O–H groups in total. The number of carbonyl (C=O) groups is 1. The van der Waals surface area contributed by atoms with Crippen LogP contribution in [0.1, 0.15) is 27.4 Å². The van der Waals surface area contributed by atoms with Crippen molar-refractivity contribution in [2.45, 2.75) is 20.4 Å². The summed E-state index contributed by atoms with van der Waals surface area (Å²) in [6, 6.07) is 5.07. The van der Waals surface area contributed by atoms with Gasteiger partial charge in [0.25, 0.3) is 5.91 Å². The standard InChI is InChI=1S/C13H14BrN3O2/c1-7-10(8(2)19-17-7)6-16-13(18)9-3-4-12(15)11(14)5-9/h3-5H,6,15H2,1-2H3,(H,16,18). The van der Waals surface area contributed by atoms with E-state index in [9.17, 15) is 4.79 Å². The summed E-state index contributed by atoms with van der Waals surface area (Å²) < 4.78 is 5.75. The molecule has 0 bridgehead atoms. The number of amides is 1. The van der Waals surface area contributed by atoms with Crippen molar-refractivity contribution in [3.63, 3.8) is 0 Å². The van der Waals surface area contributed by atoms with Crippen molar-refractivity contribution in [1.29, 1.82) is 0 Å². The zero-order valence-electron chi connectivity index (χ0n) is 10.7. The fourth-order valence-corrected chi connectivity index (χ4v) is 2.07. The molecule has 0 saturated carbocycles. The number of aryl methyl sites for hydroxylation is 2. The van der Waals surface area contributed by atoms with Gasteiger partial charge in [-0.15, -0.1) is 0 Å². The van der Waals surface area contributed by atoms with E-state index in [2.05, 4.69) is 26.4 Å². The summed E-state index contributed by atoms with van der Waals surface area (Å²) in [5.74, 6) is 0.553. The first-order valence-corrected chi connectivity index (χ1v) is 6.53. The van der Waals surface area contributed by atoms with Crippen molar-refractivity contribution in [3.05, 3.63) is 45.3 Å². The van der Waals surface area contributed by atoms with Crippen molar-refractivity contribution in [2.24, 2.45) is 0 Å². The number of hydrogen-bond acceptors (Lipinski definition) is 4. The lowest BCUT2D eigenvalue weighted by Gasteiger charge is -2.06. The summed E-state index contributed by atoms with van der Waals surface area (Å²) in [7, 11) is 0. The number of rotatable bonds is 3. The molecule has 2 aromatic rings. The van der Waals surface area contributed by atoms with Crippen LogP contribution in [0.25, 0.3) is 0 Å². The number of anilines is 1. The summed E-state index contributed by atoms with van der Waals surface area (Å²) in [5.41, 5.74) is 8.52. The first kappa shape index (κ1) is 13.6. The molecule has 19 heavy (non-hydrogen) atoms. The lowest BCUT2D eigenvalue weighted by atomic mass is 10.1. The van der Waals surface area contributed by atoms with Gasteiger partial charge in [0.2, 0.25) is 0 Å². The van der Waals surface area contributed by atoms with Crippen LogP contribution in [0.5, 0.6) is 0 Å². The molecule has 0 aliphatic rings. The predicted molar refractivity (Wildman–Crippen MR) is 75.7 cm³/mol. The van der Waals surface area contributed by atoms with E-state index in [1.54, 1.807) is 18.2 Å². The molecule has 0 radical (unpaired) electrons. The second-order valence-corrected chi connectivity index (χ2v) is 5.08. The SMILES string of the molecule is Cc1noc(C)c1CNC(=O)c1ccc(N)c(Br)c1. The molecule has 6 heteroatoms. The van der Waals surface area contributed by atoms with Crippen LogP contribution in [0.4, 0.5) is 5.69 Å². The zero-order chi connectivity index (χ0) is 14.0. The maximum atomic E-state index is 12.0. The number of nitrogens with one attached hydrogen (secondary N) is 1. The van der Waals surface area contributed by atoms with Gasteiger partial charge in [0.1, 0.15) is 5.76 Å². The van der Waals surface area contributed by atoms with Crippen molar-refractivity contribution in [2.75, 3.05) is 5.73 Å². The van der Waals surface area contributed by atoms with Crippen LogP contribution in [-0.4, -0.2) is 11.1 Å². The maximum absolute atomic E-state index is 12.0. The van der Waals surface area contributed by atoms with E-state index in [4.69, 9.17) is 10.3 Å². The Kier molecular flexibility index (Phi) is 3.90. The first-order chi connectivity index (χ1) is 8.99. The van der Waals surface area contributed by atoms with Crippen LogP contribution < -0.4 is 11.1 Å². The van der Waals surface area contributed by atoms with Crippen molar-refractivity contribution in [3.8, 4) is 0 Å². The molecule has 0 atom stereocenters. The van der Waals surface area contributed by atoms with Gasteiger partial charge in [-0.25, -0.2) is 0 Å². The number of nitrogens with two attached hydrogens (primary N) is 1. The largest absolute Gasteiger partial charge is 0.398 e. The van der Waals surface area contributed by atoms with Gasteiger partial charge >= 0.3 is 0 Å². The van der Waals surface area contributed by atoms with Gasteiger partial charge < -0.3 is 15.6 Å². The van der Waals surface area contributed by atoms with Crippen LogP contribution >= 0.6 is 15.9 Å². The topological polar surface area (TPSA) is 81.2 Å². The van der Waals surface area contributed by atoms with Gasteiger partial charge in [-0.3, -0.25) is 4.79 Å². The molecule has 0 fully saturated rings. The first-order valence-electron chi connectivity index (χ1n) is 5.74. The van der Waals surface area contributed by atoms with Gasteiger partial charge in [-0.05, 0) is 48.0 Å². The van der Waals surface area contributed by atoms with Crippen LogP contribution in [0.3, 0.4) is 0 Å². The average Bonchev–Trinajstić information content (AvgIpc) is 2.69. The molecule has 1 aromatic carbocycles. The fourth-order valence-electron chi connectivity index (χ4n) is 1.69. The molecular formula is C13H14BrN3O2. The van der Waals surface area contributed by atoms with E-state index in [-0.39, 0.29) is 5.91 Å². The third kappa shape index (κ3) is 2.96. The Balaban J connectivity index is 2.07. The highest BCUT2D eigenvalue weighted by Gasteiger charge is 2.12. The maximum Gasteiger partial charge on any atom is 0.251 e. The second-order valence-electron chi connectivity index (χ2n) is 4.22. The summed E-state index contributed by atoms with van der Waals surface area (Å²) >= 11 is 3.30. The van der Waals surface area contributed by atoms with E-state index < -0.39 is 0 Å². The molecular weight excluding hydrogens is 310 g/mol. The van der Waals surface area contributed by atoms with Crippen molar-refractivity contribution < 1.29 is 9.32 Å². The number of hydrogen-bond donors (Lipinski definition) is 2. The van der Waals surface area contributed by atoms with E-state index in [0.717, 1.165) is 17.0 Å². The normalized spacial score (nSPS) is 10.5. The Morgan fingerprint density at radius 3 is 2.79 bits per heavy atom. The average molecular weight is 324 g/mol. The molecule has 0 unspecified atom stereocenters. The highest BCUT2D eigenvalue weighted by atomic mass is 79.9. The van der Waals surface area contributed by atoms with Crippen LogP contribution in [0.2, 0.25) is 0 Å². The second kappa shape index (κ2) is 5.44.